The van der Waals surface area contributed by atoms with Crippen LogP contribution in [0.25, 0.3) is 0 Å². The molecule has 1 aromatic rings. The molecule has 0 atom stereocenters. The van der Waals surface area contributed by atoms with Crippen molar-refractivity contribution < 1.29 is 9.11 Å². The summed E-state index contributed by atoms with van der Waals surface area (Å²) in [7, 11) is -1.38. The summed E-state index contributed by atoms with van der Waals surface area (Å²) >= 11 is 0. The normalized spacial score (nSPS) is 11.8. The van der Waals surface area contributed by atoms with E-state index >= 15 is 0 Å². The summed E-state index contributed by atoms with van der Waals surface area (Å²) in [5.41, 5.74) is 0. The van der Waals surface area contributed by atoms with E-state index in [1.54, 1.807) is 0 Å². The van der Waals surface area contributed by atoms with Gasteiger partial charge in [-0.2, -0.15) is 0 Å². The van der Waals surface area contributed by atoms with E-state index in [1.807, 2.05) is 13.8 Å². The molecule has 0 saturated heterocycles. The van der Waals surface area contributed by atoms with Crippen molar-refractivity contribution in [2.24, 2.45) is 0 Å². The first-order valence-corrected chi connectivity index (χ1v) is 5.12. The molecule has 0 amide bonds. The standard InChI is InChI=1S/C4H9N3O2S.C2H6/c1-5-10(8,9)7-3-2-6-4-7;1-2/h2-5,8-9H,1H3;1-2H3. The molecular formula is C6H15N3O2S. The van der Waals surface area contributed by atoms with Crippen LogP contribution in [-0.4, -0.2) is 25.1 Å². The quantitative estimate of drug-likeness (QED) is 0.666. The van der Waals surface area contributed by atoms with E-state index in [9.17, 15) is 0 Å². The Hall–Kier alpha value is -0.560. The van der Waals surface area contributed by atoms with Gasteiger partial charge in [-0.05, 0) is 11.0 Å². The van der Waals surface area contributed by atoms with Gasteiger partial charge >= 0.3 is 0 Å². The Kier molecular flexibility index (Phi) is 4.91. The van der Waals surface area contributed by atoms with Crippen LogP contribution in [0.2, 0.25) is 0 Å². The fourth-order valence-electron chi connectivity index (χ4n) is 0.503. The average Bonchev–Trinajstić information content (AvgIpc) is 2.61. The summed E-state index contributed by atoms with van der Waals surface area (Å²) in [5.74, 6) is 0. The average molecular weight is 193 g/mol. The number of nitrogens with one attached hydrogen (secondary N) is 1. The predicted octanol–water partition coefficient (Wildman–Crippen LogP) is 1.56. The zero-order valence-electron chi connectivity index (χ0n) is 7.43. The molecule has 12 heavy (non-hydrogen) atoms. The van der Waals surface area contributed by atoms with Crippen LogP contribution in [-0.2, 0) is 0 Å². The molecule has 0 aliphatic heterocycles. The smallest absolute Gasteiger partial charge is 0.115 e. The summed E-state index contributed by atoms with van der Waals surface area (Å²) in [6.07, 6.45) is 4.29. The summed E-state index contributed by atoms with van der Waals surface area (Å²) in [6.45, 7) is 4.00. The van der Waals surface area contributed by atoms with E-state index in [2.05, 4.69) is 9.71 Å². The molecule has 1 aromatic heterocycles. The highest BCUT2D eigenvalue weighted by Gasteiger charge is 2.08. The van der Waals surface area contributed by atoms with Crippen molar-refractivity contribution >= 4 is 11.0 Å². The van der Waals surface area contributed by atoms with E-state index in [0.29, 0.717) is 0 Å². The van der Waals surface area contributed by atoms with Crippen LogP contribution in [0.3, 0.4) is 0 Å². The van der Waals surface area contributed by atoms with Gasteiger partial charge in [0.1, 0.15) is 6.33 Å². The van der Waals surface area contributed by atoms with Crippen molar-refractivity contribution in [3.8, 4) is 0 Å². The van der Waals surface area contributed by atoms with Gasteiger partial charge in [-0.15, -0.1) is 0 Å². The van der Waals surface area contributed by atoms with Gasteiger partial charge in [0, 0.05) is 19.4 Å². The lowest BCUT2D eigenvalue weighted by atomic mass is 11.0. The Bertz CT molecular complexity index is 201. The van der Waals surface area contributed by atoms with E-state index < -0.39 is 11.0 Å². The first kappa shape index (κ1) is 11.4. The maximum absolute atomic E-state index is 9.13. The molecule has 0 unspecified atom stereocenters. The fraction of sp³-hybridized carbons (Fsp3) is 0.500. The van der Waals surface area contributed by atoms with Gasteiger partial charge in [-0.1, -0.05) is 13.8 Å². The second-order valence-corrected chi connectivity index (χ2v) is 3.51. The summed E-state index contributed by atoms with van der Waals surface area (Å²) in [6, 6.07) is 0. The molecule has 0 aliphatic carbocycles. The fourth-order valence-corrected chi connectivity index (χ4v) is 1.12. The zero-order chi connectivity index (χ0) is 9.61. The van der Waals surface area contributed by atoms with Crippen molar-refractivity contribution in [3.05, 3.63) is 18.7 Å². The SMILES string of the molecule is CC.CNS(O)(O)n1ccnc1. The molecule has 0 aliphatic rings. The van der Waals surface area contributed by atoms with Crippen molar-refractivity contribution in [1.82, 2.24) is 13.7 Å². The molecule has 0 fully saturated rings. The van der Waals surface area contributed by atoms with Gasteiger partial charge < -0.3 is 0 Å². The first-order valence-electron chi connectivity index (χ1n) is 3.62. The Balaban J connectivity index is 0.000000561. The number of imidazole rings is 1. The lowest BCUT2D eigenvalue weighted by molar-refractivity contribution is 0.464. The van der Waals surface area contributed by atoms with Crippen LogP contribution in [0.4, 0.5) is 0 Å². The van der Waals surface area contributed by atoms with Crippen LogP contribution in [0.1, 0.15) is 13.8 Å². The Labute approximate surface area is 74.1 Å². The van der Waals surface area contributed by atoms with Gasteiger partial charge in [-0.25, -0.2) is 13.7 Å². The highest BCUT2D eigenvalue weighted by Crippen LogP contribution is 2.33. The van der Waals surface area contributed by atoms with Crippen molar-refractivity contribution in [2.75, 3.05) is 7.05 Å². The van der Waals surface area contributed by atoms with Crippen LogP contribution < -0.4 is 4.72 Å². The minimum Gasteiger partial charge on any atom is -0.268 e. The second kappa shape index (κ2) is 5.15. The Morgan fingerprint density at radius 3 is 2.33 bits per heavy atom. The maximum atomic E-state index is 9.13. The number of rotatable bonds is 2. The molecule has 5 nitrogen and oxygen atoms in total. The summed E-state index contributed by atoms with van der Waals surface area (Å²) in [5, 5.41) is 0. The minimum absolute atomic E-state index is 1.22. The minimum atomic E-state index is -2.85. The lowest BCUT2D eigenvalue weighted by Gasteiger charge is -2.31. The van der Waals surface area contributed by atoms with Crippen molar-refractivity contribution in [3.63, 3.8) is 0 Å². The van der Waals surface area contributed by atoms with E-state index in [4.69, 9.17) is 9.11 Å². The summed E-state index contributed by atoms with van der Waals surface area (Å²) in [4.78, 5) is 3.66. The molecule has 1 heterocycles. The molecule has 6 heteroatoms. The highest BCUT2D eigenvalue weighted by molar-refractivity contribution is 8.21. The van der Waals surface area contributed by atoms with Crippen LogP contribution in [0.5, 0.6) is 0 Å². The number of aromatic nitrogens is 2. The Morgan fingerprint density at radius 2 is 2.00 bits per heavy atom. The molecule has 3 N–H and O–H groups in total. The number of hydrogen-bond acceptors (Lipinski definition) is 4. The third kappa shape index (κ3) is 2.82. The van der Waals surface area contributed by atoms with Crippen LogP contribution >= 0.6 is 11.0 Å². The van der Waals surface area contributed by atoms with Crippen LogP contribution in [0, 0.1) is 0 Å². The molecular weight excluding hydrogens is 178 g/mol. The van der Waals surface area contributed by atoms with Gasteiger partial charge in [0.15, 0.2) is 0 Å². The monoisotopic (exact) mass is 193 g/mol. The van der Waals surface area contributed by atoms with Gasteiger partial charge in [0.2, 0.25) is 0 Å². The number of nitrogens with zero attached hydrogens (tertiary/aromatic N) is 2. The molecule has 0 spiro atoms. The van der Waals surface area contributed by atoms with Crippen molar-refractivity contribution in [2.45, 2.75) is 13.8 Å². The first-order chi connectivity index (χ1) is 5.67. The van der Waals surface area contributed by atoms with Crippen LogP contribution in [0.15, 0.2) is 18.7 Å². The Morgan fingerprint density at radius 1 is 1.42 bits per heavy atom. The topological polar surface area (TPSA) is 70.3 Å². The molecule has 1 rings (SSSR count). The third-order valence-corrected chi connectivity index (χ3v) is 2.40. The predicted molar refractivity (Wildman–Crippen MR) is 50.9 cm³/mol. The number of hydrogen-bond donors (Lipinski definition) is 3. The third-order valence-electron chi connectivity index (χ3n) is 1.05. The van der Waals surface area contributed by atoms with E-state index in [1.165, 1.54) is 29.7 Å². The largest absolute Gasteiger partial charge is 0.268 e. The molecule has 0 bridgehead atoms. The molecule has 0 radical (unpaired) electrons. The lowest BCUT2D eigenvalue weighted by Crippen LogP contribution is -2.20. The maximum Gasteiger partial charge on any atom is 0.115 e. The molecule has 0 saturated carbocycles. The zero-order valence-corrected chi connectivity index (χ0v) is 8.25. The van der Waals surface area contributed by atoms with Gasteiger partial charge in [0.25, 0.3) is 0 Å². The van der Waals surface area contributed by atoms with Gasteiger partial charge in [0.05, 0.1) is 0 Å². The molecule has 72 valence electrons. The van der Waals surface area contributed by atoms with E-state index in [0.717, 1.165) is 0 Å². The van der Waals surface area contributed by atoms with Crippen molar-refractivity contribution in [1.29, 1.82) is 0 Å². The van der Waals surface area contributed by atoms with E-state index in [-0.39, 0.29) is 0 Å². The molecule has 0 aromatic carbocycles. The highest BCUT2D eigenvalue weighted by atomic mass is 32.3. The summed E-state index contributed by atoms with van der Waals surface area (Å²) < 4.78 is 21.8. The second-order valence-electron chi connectivity index (χ2n) is 1.65. The van der Waals surface area contributed by atoms with Gasteiger partial charge in [-0.3, -0.25) is 9.11 Å².